The molecule has 0 saturated heterocycles. The molecule has 16 rings (SSSR count). The van der Waals surface area contributed by atoms with Crippen molar-refractivity contribution in [2.24, 2.45) is 0 Å². The minimum Gasteiger partial charge on any atom is -0.310 e. The Labute approximate surface area is 451 Å². The Balaban J connectivity index is 0.887. The van der Waals surface area contributed by atoms with Gasteiger partial charge in [0.15, 0.2) is 8.07 Å². The maximum absolute atomic E-state index is 2.81. The van der Waals surface area contributed by atoms with Crippen molar-refractivity contribution < 1.29 is 0 Å². The van der Waals surface area contributed by atoms with E-state index in [0.29, 0.717) is 0 Å². The number of hydrogen-bond acceptors (Lipinski definition) is 1. The summed E-state index contributed by atoms with van der Waals surface area (Å²) in [6.45, 7) is 2.40. The van der Waals surface area contributed by atoms with Crippen molar-refractivity contribution in [1.82, 2.24) is 0 Å². The zero-order valence-electron chi connectivity index (χ0n) is 42.7. The SMILES string of the molecule is CC1(c2cccc(-c3ccc(N(c4cccc([Si]5(c6ccccc6)c6ccccc6-c6ccccc65)c4)c4ccc5c(c4)-c4ccccc4C54c5ccccc5-c5ccccc54)cc3)c2)c2ccccc2-c2ccccc21. The van der Waals surface area contributed by atoms with E-state index in [1.165, 1.54) is 115 Å². The summed E-state index contributed by atoms with van der Waals surface area (Å²) in [5.41, 5.74) is 25.0. The van der Waals surface area contributed by atoms with Crippen LogP contribution >= 0.6 is 0 Å². The van der Waals surface area contributed by atoms with Crippen molar-refractivity contribution in [1.29, 1.82) is 0 Å². The molecule has 0 saturated carbocycles. The van der Waals surface area contributed by atoms with Crippen LogP contribution in [0, 0.1) is 0 Å². The number of hydrogen-bond donors (Lipinski definition) is 0. The van der Waals surface area contributed by atoms with Crippen LogP contribution in [0.2, 0.25) is 0 Å². The van der Waals surface area contributed by atoms with Crippen LogP contribution in [-0.4, -0.2) is 8.07 Å². The molecular formula is C75H51NSi. The summed E-state index contributed by atoms with van der Waals surface area (Å²) in [5.74, 6) is 0. The minimum atomic E-state index is -2.81. The zero-order chi connectivity index (χ0) is 50.9. The minimum absolute atomic E-state index is 0.279. The monoisotopic (exact) mass is 993 g/mol. The summed E-state index contributed by atoms with van der Waals surface area (Å²) in [5, 5.41) is 5.64. The quantitative estimate of drug-likeness (QED) is 0.144. The first kappa shape index (κ1) is 44.0. The smallest absolute Gasteiger partial charge is 0.180 e. The van der Waals surface area contributed by atoms with Gasteiger partial charge in [-0.2, -0.15) is 0 Å². The molecule has 12 aromatic rings. The standard InChI is InChI=1S/C75H51NSi/c1-74(66-34-12-5-27-58(66)59-28-6-13-35-67(59)74)52-22-19-21-51(47-52)50-41-43-53(44-42-50)76(54-23-20-26-57(48-54)77(56-24-3-2-4-25-56)72-39-17-10-32-63(72)64-33-11-18-40-73(64)77)55-45-46-71-65(49-55)62-31-9-16-38-70(62)75(71)68-36-14-7-29-60(68)61-30-8-15-37-69(61)75/h2-49H,1H3. The lowest BCUT2D eigenvalue weighted by molar-refractivity contribution is 0.714. The van der Waals surface area contributed by atoms with Crippen molar-refractivity contribution in [3.8, 4) is 55.6 Å². The topological polar surface area (TPSA) is 3.24 Å². The molecule has 0 atom stereocenters. The molecule has 1 aliphatic heterocycles. The Bertz CT molecular complexity index is 4240. The molecule has 3 aliphatic carbocycles. The van der Waals surface area contributed by atoms with Gasteiger partial charge < -0.3 is 4.90 Å². The van der Waals surface area contributed by atoms with Gasteiger partial charge in [0.1, 0.15) is 0 Å². The third-order valence-electron chi connectivity index (χ3n) is 18.1. The van der Waals surface area contributed by atoms with E-state index in [0.717, 1.165) is 17.1 Å². The summed E-state index contributed by atoms with van der Waals surface area (Å²) in [7, 11) is -2.81. The van der Waals surface area contributed by atoms with Gasteiger partial charge in [0, 0.05) is 22.5 Å². The van der Waals surface area contributed by atoms with E-state index in [-0.39, 0.29) is 5.41 Å². The van der Waals surface area contributed by atoms with Crippen LogP contribution < -0.4 is 25.6 Å². The van der Waals surface area contributed by atoms with Crippen LogP contribution in [-0.2, 0) is 10.8 Å². The number of anilines is 3. The molecule has 0 fully saturated rings. The van der Waals surface area contributed by atoms with Crippen LogP contribution in [0.15, 0.2) is 291 Å². The summed E-state index contributed by atoms with van der Waals surface area (Å²) in [4.78, 5) is 2.52. The number of nitrogens with zero attached hydrogens (tertiary/aromatic N) is 1. The molecule has 360 valence electrons. The van der Waals surface area contributed by atoms with Gasteiger partial charge >= 0.3 is 0 Å². The second-order valence-corrected chi connectivity index (χ2v) is 25.3. The Hall–Kier alpha value is -9.34. The van der Waals surface area contributed by atoms with E-state index in [1.807, 2.05) is 0 Å². The van der Waals surface area contributed by atoms with Gasteiger partial charge in [-0.15, -0.1) is 0 Å². The lowest BCUT2D eigenvalue weighted by Crippen LogP contribution is -2.72. The molecule has 1 heterocycles. The van der Waals surface area contributed by atoms with Gasteiger partial charge in [-0.3, -0.25) is 0 Å². The molecule has 0 N–H and O–H groups in total. The van der Waals surface area contributed by atoms with Gasteiger partial charge in [-0.05, 0) is 165 Å². The summed E-state index contributed by atoms with van der Waals surface area (Å²) in [6.07, 6.45) is 0. The molecule has 77 heavy (non-hydrogen) atoms. The Morgan fingerprint density at radius 1 is 0.273 bits per heavy atom. The number of fused-ring (bicyclic) bond motifs is 16. The average Bonchev–Trinajstić information content (AvgIpc) is 4.38. The lowest BCUT2D eigenvalue weighted by Gasteiger charge is -2.33. The summed E-state index contributed by atoms with van der Waals surface area (Å²) >= 11 is 0. The highest BCUT2D eigenvalue weighted by Crippen LogP contribution is 2.63. The summed E-state index contributed by atoms with van der Waals surface area (Å²) < 4.78 is 0. The highest BCUT2D eigenvalue weighted by Gasteiger charge is 2.52. The zero-order valence-corrected chi connectivity index (χ0v) is 43.7. The molecule has 1 spiro atoms. The maximum Gasteiger partial charge on any atom is 0.180 e. The van der Waals surface area contributed by atoms with Crippen molar-refractivity contribution in [2.75, 3.05) is 4.90 Å². The van der Waals surface area contributed by atoms with Gasteiger partial charge in [0.05, 0.1) is 5.41 Å². The Morgan fingerprint density at radius 2 is 0.701 bits per heavy atom. The van der Waals surface area contributed by atoms with Gasteiger partial charge in [-0.1, -0.05) is 249 Å². The Morgan fingerprint density at radius 3 is 1.29 bits per heavy atom. The molecule has 0 bridgehead atoms. The van der Waals surface area contributed by atoms with Crippen LogP contribution in [0.5, 0.6) is 0 Å². The van der Waals surface area contributed by atoms with E-state index < -0.39 is 13.5 Å². The van der Waals surface area contributed by atoms with E-state index in [4.69, 9.17) is 0 Å². The van der Waals surface area contributed by atoms with Gasteiger partial charge in [-0.25, -0.2) is 0 Å². The first-order valence-electron chi connectivity index (χ1n) is 27.1. The van der Waals surface area contributed by atoms with Crippen molar-refractivity contribution >= 4 is 45.9 Å². The fourth-order valence-corrected chi connectivity index (χ4v) is 20.0. The van der Waals surface area contributed by atoms with Crippen molar-refractivity contribution in [3.63, 3.8) is 0 Å². The third kappa shape index (κ3) is 5.94. The summed E-state index contributed by atoms with van der Waals surface area (Å²) in [6, 6.07) is 110. The van der Waals surface area contributed by atoms with Crippen LogP contribution in [0.25, 0.3) is 55.6 Å². The molecule has 0 aromatic heterocycles. The largest absolute Gasteiger partial charge is 0.310 e. The molecule has 4 aliphatic rings. The molecular weight excluding hydrogens is 943 g/mol. The highest BCUT2D eigenvalue weighted by atomic mass is 28.3. The third-order valence-corrected chi connectivity index (χ3v) is 22.9. The number of rotatable bonds is 7. The molecule has 0 unspecified atom stereocenters. The molecule has 0 radical (unpaired) electrons. The molecule has 2 heteroatoms. The van der Waals surface area contributed by atoms with Crippen LogP contribution in [0.3, 0.4) is 0 Å². The fourth-order valence-electron chi connectivity index (χ4n) is 14.8. The van der Waals surface area contributed by atoms with E-state index in [2.05, 4.69) is 303 Å². The first-order chi connectivity index (χ1) is 38.1. The molecule has 12 aromatic carbocycles. The predicted molar refractivity (Wildman–Crippen MR) is 323 cm³/mol. The van der Waals surface area contributed by atoms with Gasteiger partial charge in [0.2, 0.25) is 0 Å². The van der Waals surface area contributed by atoms with E-state index in [1.54, 1.807) is 0 Å². The van der Waals surface area contributed by atoms with E-state index >= 15 is 0 Å². The average molecular weight is 994 g/mol. The highest BCUT2D eigenvalue weighted by molar-refractivity contribution is 7.22. The second-order valence-electron chi connectivity index (χ2n) is 21.6. The number of benzene rings is 12. The first-order valence-corrected chi connectivity index (χ1v) is 29.1. The predicted octanol–water partition coefficient (Wildman–Crippen LogP) is 15.9. The molecule has 0 amide bonds. The van der Waals surface area contributed by atoms with E-state index in [9.17, 15) is 0 Å². The fraction of sp³-hybridized carbons (Fsp3) is 0.0400. The Kier molecular flexibility index (Phi) is 9.47. The van der Waals surface area contributed by atoms with Crippen LogP contribution in [0.1, 0.15) is 45.9 Å². The molecule has 1 nitrogen and oxygen atoms in total. The normalized spacial score (nSPS) is 14.6. The van der Waals surface area contributed by atoms with Gasteiger partial charge in [0.25, 0.3) is 0 Å². The maximum atomic E-state index is 2.53. The van der Waals surface area contributed by atoms with Crippen molar-refractivity contribution in [3.05, 3.63) is 330 Å². The van der Waals surface area contributed by atoms with Crippen LogP contribution in [0.4, 0.5) is 17.1 Å². The van der Waals surface area contributed by atoms with Crippen molar-refractivity contribution in [2.45, 2.75) is 17.8 Å². The second kappa shape index (κ2) is 16.6. The lowest BCUT2D eigenvalue weighted by atomic mass is 9.70.